The van der Waals surface area contributed by atoms with Crippen LogP contribution < -0.4 is 0 Å². The lowest BCUT2D eigenvalue weighted by Gasteiger charge is -1.97. The number of carbonyl (C=O) groups excluding carboxylic acids is 2. The molecule has 3 nitrogen and oxygen atoms in total. The Hall–Kier alpha value is -1.90. The first-order valence-electron chi connectivity index (χ1n) is 5.20. The maximum absolute atomic E-state index is 11.2. The minimum Gasteiger partial charge on any atom is -0.390 e. The molecule has 1 rings (SSSR count). The number of ether oxygens (including phenoxy) is 1. The summed E-state index contributed by atoms with van der Waals surface area (Å²) in [6.45, 7) is 1.85. The number of benzene rings is 1. The fourth-order valence-electron chi connectivity index (χ4n) is 1.13. The van der Waals surface area contributed by atoms with E-state index < -0.39 is 11.9 Å². The van der Waals surface area contributed by atoms with Crippen molar-refractivity contribution in [3.05, 3.63) is 42.0 Å². The van der Waals surface area contributed by atoms with Crippen LogP contribution >= 0.6 is 0 Å². The summed E-state index contributed by atoms with van der Waals surface area (Å²) in [6, 6.07) is 9.34. The summed E-state index contributed by atoms with van der Waals surface area (Å²) in [7, 11) is 0. The van der Waals surface area contributed by atoms with Gasteiger partial charge in [0.2, 0.25) is 0 Å². The Morgan fingerprint density at radius 3 is 2.56 bits per heavy atom. The van der Waals surface area contributed by atoms with Gasteiger partial charge in [0, 0.05) is 12.5 Å². The quantitative estimate of drug-likeness (QED) is 0.443. The highest BCUT2D eigenvalue weighted by Crippen LogP contribution is 2.01. The van der Waals surface area contributed by atoms with Crippen LogP contribution in [0.3, 0.4) is 0 Å². The molecule has 0 saturated carbocycles. The molecule has 0 aliphatic heterocycles. The summed E-state index contributed by atoms with van der Waals surface area (Å²) in [5.41, 5.74) is 0.891. The first-order chi connectivity index (χ1) is 7.72. The molecule has 16 heavy (non-hydrogen) atoms. The zero-order valence-corrected chi connectivity index (χ0v) is 9.18. The second kappa shape index (κ2) is 6.56. The Morgan fingerprint density at radius 1 is 1.25 bits per heavy atom. The molecule has 3 heteroatoms. The monoisotopic (exact) mass is 218 g/mol. The van der Waals surface area contributed by atoms with Gasteiger partial charge in [-0.3, -0.25) is 4.79 Å². The van der Waals surface area contributed by atoms with Gasteiger partial charge in [0.05, 0.1) is 0 Å². The molecule has 0 aromatic heterocycles. The Bertz CT molecular complexity index is 379. The molecule has 0 bridgehead atoms. The van der Waals surface area contributed by atoms with Crippen molar-refractivity contribution in [1.29, 1.82) is 0 Å². The van der Waals surface area contributed by atoms with E-state index in [0.29, 0.717) is 6.42 Å². The van der Waals surface area contributed by atoms with E-state index in [9.17, 15) is 9.59 Å². The van der Waals surface area contributed by atoms with E-state index in [1.54, 1.807) is 6.08 Å². The van der Waals surface area contributed by atoms with Crippen LogP contribution in [-0.2, 0) is 14.3 Å². The minimum absolute atomic E-state index is 0.269. The predicted molar refractivity (Wildman–Crippen MR) is 61.5 cm³/mol. The molecule has 0 amide bonds. The number of rotatable bonds is 4. The molecular formula is C13H14O3. The summed E-state index contributed by atoms with van der Waals surface area (Å²) in [4.78, 5) is 22.2. The molecule has 84 valence electrons. The molecule has 1 aromatic carbocycles. The van der Waals surface area contributed by atoms with Gasteiger partial charge in [0.1, 0.15) is 0 Å². The van der Waals surface area contributed by atoms with Crippen LogP contribution in [-0.4, -0.2) is 11.9 Å². The van der Waals surface area contributed by atoms with E-state index in [4.69, 9.17) is 0 Å². The molecule has 0 atom stereocenters. The third kappa shape index (κ3) is 4.55. The summed E-state index contributed by atoms with van der Waals surface area (Å²) in [5.74, 6) is -1.10. The van der Waals surface area contributed by atoms with Crippen LogP contribution in [0.25, 0.3) is 6.08 Å². The van der Waals surface area contributed by atoms with Crippen molar-refractivity contribution in [1.82, 2.24) is 0 Å². The van der Waals surface area contributed by atoms with Crippen molar-refractivity contribution in [3.8, 4) is 0 Å². The predicted octanol–water partition coefficient (Wildman–Crippen LogP) is 2.57. The third-order valence-electron chi connectivity index (χ3n) is 1.88. The Labute approximate surface area is 94.7 Å². The minimum atomic E-state index is -0.623. The largest absolute Gasteiger partial charge is 0.390 e. The molecule has 0 unspecified atom stereocenters. The normalized spacial score (nSPS) is 10.3. The Kier molecular flexibility index (Phi) is 4.99. The molecular weight excluding hydrogens is 204 g/mol. The standard InChI is InChI=1S/C13H14O3/c1-2-6-12(14)16-13(15)10-9-11-7-4-3-5-8-11/h3-5,7-10H,2,6H2,1H3. The third-order valence-corrected chi connectivity index (χ3v) is 1.88. The van der Waals surface area contributed by atoms with Gasteiger partial charge in [0.15, 0.2) is 0 Å². The lowest BCUT2D eigenvalue weighted by molar-refractivity contribution is -0.156. The number of esters is 2. The van der Waals surface area contributed by atoms with Gasteiger partial charge in [-0.1, -0.05) is 37.3 Å². The molecule has 1 aromatic rings. The maximum Gasteiger partial charge on any atom is 0.338 e. The van der Waals surface area contributed by atoms with E-state index in [1.807, 2.05) is 37.3 Å². The molecule has 0 heterocycles. The number of hydrogen-bond donors (Lipinski definition) is 0. The highest BCUT2D eigenvalue weighted by Gasteiger charge is 2.05. The summed E-state index contributed by atoms with van der Waals surface area (Å²) in [6.07, 6.45) is 3.81. The number of carbonyl (C=O) groups is 2. The second-order valence-corrected chi connectivity index (χ2v) is 3.29. The van der Waals surface area contributed by atoms with E-state index >= 15 is 0 Å². The summed E-state index contributed by atoms with van der Waals surface area (Å²) in [5, 5.41) is 0. The summed E-state index contributed by atoms with van der Waals surface area (Å²) < 4.78 is 4.55. The van der Waals surface area contributed by atoms with E-state index in [0.717, 1.165) is 5.56 Å². The Morgan fingerprint density at radius 2 is 1.94 bits per heavy atom. The van der Waals surface area contributed by atoms with Gasteiger partial charge in [0.25, 0.3) is 0 Å². The molecule has 0 aliphatic rings. The lowest BCUT2D eigenvalue weighted by Crippen LogP contribution is -2.09. The van der Waals surface area contributed by atoms with Crippen molar-refractivity contribution in [3.63, 3.8) is 0 Å². The van der Waals surface area contributed by atoms with Gasteiger partial charge >= 0.3 is 11.9 Å². The lowest BCUT2D eigenvalue weighted by atomic mass is 10.2. The van der Waals surface area contributed by atoms with Crippen LogP contribution in [0.1, 0.15) is 25.3 Å². The topological polar surface area (TPSA) is 43.4 Å². The fourth-order valence-corrected chi connectivity index (χ4v) is 1.13. The van der Waals surface area contributed by atoms with E-state index in [2.05, 4.69) is 4.74 Å². The second-order valence-electron chi connectivity index (χ2n) is 3.29. The van der Waals surface area contributed by atoms with E-state index in [-0.39, 0.29) is 6.42 Å². The molecule has 0 saturated heterocycles. The molecule has 0 spiro atoms. The van der Waals surface area contributed by atoms with Crippen LogP contribution in [0, 0.1) is 0 Å². The Balaban J connectivity index is 2.46. The van der Waals surface area contributed by atoms with Crippen LogP contribution in [0.5, 0.6) is 0 Å². The van der Waals surface area contributed by atoms with Crippen molar-refractivity contribution in [2.45, 2.75) is 19.8 Å². The SMILES string of the molecule is CCCC(=O)OC(=O)C=Cc1ccccc1. The van der Waals surface area contributed by atoms with Crippen LogP contribution in [0.15, 0.2) is 36.4 Å². The molecule has 0 aliphatic carbocycles. The van der Waals surface area contributed by atoms with Gasteiger partial charge in [-0.2, -0.15) is 0 Å². The van der Waals surface area contributed by atoms with Crippen molar-refractivity contribution in [2.24, 2.45) is 0 Å². The smallest absolute Gasteiger partial charge is 0.338 e. The van der Waals surface area contributed by atoms with E-state index in [1.165, 1.54) is 6.08 Å². The van der Waals surface area contributed by atoms with Crippen molar-refractivity contribution >= 4 is 18.0 Å². The first-order valence-corrected chi connectivity index (χ1v) is 5.20. The average molecular weight is 218 g/mol. The molecule has 0 fully saturated rings. The zero-order valence-electron chi connectivity index (χ0n) is 9.18. The number of hydrogen-bond acceptors (Lipinski definition) is 3. The summed E-state index contributed by atoms with van der Waals surface area (Å²) >= 11 is 0. The van der Waals surface area contributed by atoms with Crippen LogP contribution in [0.2, 0.25) is 0 Å². The fraction of sp³-hybridized carbons (Fsp3) is 0.231. The van der Waals surface area contributed by atoms with Gasteiger partial charge < -0.3 is 4.74 Å². The van der Waals surface area contributed by atoms with Gasteiger partial charge in [-0.15, -0.1) is 0 Å². The van der Waals surface area contributed by atoms with Crippen LogP contribution in [0.4, 0.5) is 0 Å². The van der Waals surface area contributed by atoms with Gasteiger partial charge in [-0.05, 0) is 18.1 Å². The molecule has 0 radical (unpaired) electrons. The maximum atomic E-state index is 11.2. The average Bonchev–Trinajstić information content (AvgIpc) is 2.28. The van der Waals surface area contributed by atoms with Crippen molar-refractivity contribution < 1.29 is 14.3 Å². The molecule has 0 N–H and O–H groups in total. The highest BCUT2D eigenvalue weighted by atomic mass is 16.6. The first kappa shape index (κ1) is 12.2. The zero-order chi connectivity index (χ0) is 11.8. The highest BCUT2D eigenvalue weighted by molar-refractivity contribution is 5.94. The van der Waals surface area contributed by atoms with Gasteiger partial charge in [-0.25, -0.2) is 4.79 Å². The van der Waals surface area contributed by atoms with Crippen molar-refractivity contribution in [2.75, 3.05) is 0 Å².